The molecule has 0 bridgehead atoms. The Kier molecular flexibility index (Phi) is 7.49. The van der Waals surface area contributed by atoms with Crippen molar-refractivity contribution in [2.75, 3.05) is 18.2 Å². The number of carbonyl (C=O) groups excluding carboxylic acids is 1. The summed E-state index contributed by atoms with van der Waals surface area (Å²) < 4.78 is 5.17. The molecule has 29 heavy (non-hydrogen) atoms. The average molecular weight is 425 g/mol. The number of ether oxygens (including phenoxy) is 1. The van der Waals surface area contributed by atoms with Crippen LogP contribution >= 0.6 is 23.1 Å². The molecule has 1 N–H and O–H groups in total. The molecular formula is C23H24N2O2S2. The van der Waals surface area contributed by atoms with Gasteiger partial charge < -0.3 is 4.74 Å². The molecule has 150 valence electrons. The summed E-state index contributed by atoms with van der Waals surface area (Å²) in [7, 11) is 1.64. The lowest BCUT2D eigenvalue weighted by Crippen LogP contribution is -2.07. The zero-order valence-electron chi connectivity index (χ0n) is 16.7. The van der Waals surface area contributed by atoms with Crippen molar-refractivity contribution < 1.29 is 9.53 Å². The first-order valence-electron chi connectivity index (χ1n) is 9.35. The smallest absolute Gasteiger partial charge is 0.250 e. The topological polar surface area (TPSA) is 51.2 Å². The van der Waals surface area contributed by atoms with E-state index in [9.17, 15) is 4.79 Å². The number of anilines is 1. The van der Waals surface area contributed by atoms with Crippen molar-refractivity contribution in [3.05, 3.63) is 65.6 Å². The van der Waals surface area contributed by atoms with Crippen molar-refractivity contribution in [1.29, 1.82) is 0 Å². The molecule has 0 saturated heterocycles. The molecular weight excluding hydrogens is 400 g/mol. The normalized spacial score (nSPS) is 11.2. The maximum atomic E-state index is 12.2. The lowest BCUT2D eigenvalue weighted by Gasteiger charge is -2.04. The molecule has 1 aromatic heterocycles. The third kappa shape index (κ3) is 6.48. The van der Waals surface area contributed by atoms with Gasteiger partial charge in [0.2, 0.25) is 5.91 Å². The molecule has 2 aromatic carbocycles. The lowest BCUT2D eigenvalue weighted by atomic mass is 10.2. The molecule has 0 aliphatic carbocycles. The second-order valence-corrected chi connectivity index (χ2v) is 8.81. The van der Waals surface area contributed by atoms with E-state index in [-0.39, 0.29) is 5.91 Å². The number of hydrogen-bond acceptors (Lipinski definition) is 5. The molecule has 4 nitrogen and oxygen atoms in total. The summed E-state index contributed by atoms with van der Waals surface area (Å²) in [6.45, 7) is 4.43. The van der Waals surface area contributed by atoms with E-state index in [4.69, 9.17) is 4.74 Å². The number of amides is 1. The number of nitrogens with one attached hydrogen (secondary N) is 1. The van der Waals surface area contributed by atoms with Crippen LogP contribution in [0.1, 0.15) is 19.4 Å². The van der Waals surface area contributed by atoms with E-state index in [0.717, 1.165) is 28.3 Å². The number of rotatable bonds is 8. The zero-order chi connectivity index (χ0) is 20.6. The molecule has 0 aliphatic heterocycles. The van der Waals surface area contributed by atoms with Crippen LogP contribution in [0.25, 0.3) is 17.3 Å². The number of nitrogens with zero attached hydrogens (tertiary/aromatic N) is 1. The minimum atomic E-state index is -0.195. The van der Waals surface area contributed by atoms with Gasteiger partial charge in [-0.1, -0.05) is 26.0 Å². The number of thioether (sulfide) groups is 1. The van der Waals surface area contributed by atoms with E-state index in [0.29, 0.717) is 11.0 Å². The number of thiazole rings is 1. The fourth-order valence-electron chi connectivity index (χ4n) is 2.48. The molecule has 3 aromatic rings. The maximum Gasteiger partial charge on any atom is 0.250 e. The summed E-state index contributed by atoms with van der Waals surface area (Å²) in [4.78, 5) is 17.9. The van der Waals surface area contributed by atoms with Crippen LogP contribution in [0.4, 0.5) is 5.13 Å². The van der Waals surface area contributed by atoms with Crippen LogP contribution in [0.15, 0.2) is 64.9 Å². The van der Waals surface area contributed by atoms with Crippen molar-refractivity contribution >= 4 is 40.2 Å². The lowest BCUT2D eigenvalue weighted by molar-refractivity contribution is -0.111. The van der Waals surface area contributed by atoms with E-state index < -0.39 is 0 Å². The summed E-state index contributed by atoms with van der Waals surface area (Å²) in [5.41, 5.74) is 2.80. The molecule has 1 heterocycles. The SMILES string of the molecule is COc1ccc(-c2csc(NC(=O)/C=C\c3ccc(SCC(C)C)cc3)n2)cc1. The monoisotopic (exact) mass is 424 g/mol. The fourth-order valence-corrected chi connectivity index (χ4v) is 4.06. The molecule has 0 atom stereocenters. The number of carbonyl (C=O) groups is 1. The second kappa shape index (κ2) is 10.3. The maximum absolute atomic E-state index is 12.2. The molecule has 0 fully saturated rings. The Morgan fingerprint density at radius 3 is 2.55 bits per heavy atom. The summed E-state index contributed by atoms with van der Waals surface area (Å²) in [6.07, 6.45) is 3.34. The van der Waals surface area contributed by atoms with Crippen LogP contribution < -0.4 is 10.1 Å². The van der Waals surface area contributed by atoms with E-state index in [1.54, 1.807) is 7.11 Å². The van der Waals surface area contributed by atoms with Gasteiger partial charge in [-0.25, -0.2) is 4.98 Å². The van der Waals surface area contributed by atoms with Crippen molar-refractivity contribution in [3.8, 4) is 17.0 Å². The minimum Gasteiger partial charge on any atom is -0.497 e. The molecule has 1 amide bonds. The predicted molar refractivity (Wildman–Crippen MR) is 124 cm³/mol. The highest BCUT2D eigenvalue weighted by atomic mass is 32.2. The Bertz CT molecular complexity index is 961. The Hall–Kier alpha value is -2.57. The minimum absolute atomic E-state index is 0.195. The van der Waals surface area contributed by atoms with Crippen LogP contribution in [0, 0.1) is 5.92 Å². The molecule has 6 heteroatoms. The fraction of sp³-hybridized carbons (Fsp3) is 0.217. The summed E-state index contributed by atoms with van der Waals surface area (Å²) in [5.74, 6) is 2.37. The molecule has 0 unspecified atom stereocenters. The largest absolute Gasteiger partial charge is 0.497 e. The van der Waals surface area contributed by atoms with E-state index >= 15 is 0 Å². The van der Waals surface area contributed by atoms with Gasteiger partial charge in [-0.05, 0) is 54.0 Å². The van der Waals surface area contributed by atoms with Gasteiger partial charge in [0, 0.05) is 27.7 Å². The highest BCUT2D eigenvalue weighted by molar-refractivity contribution is 7.99. The van der Waals surface area contributed by atoms with Gasteiger partial charge in [0.05, 0.1) is 12.8 Å². The first-order chi connectivity index (χ1) is 14.0. The van der Waals surface area contributed by atoms with Crippen LogP contribution in [0.3, 0.4) is 0 Å². The van der Waals surface area contributed by atoms with Gasteiger partial charge in [-0.15, -0.1) is 23.1 Å². The van der Waals surface area contributed by atoms with Crippen LogP contribution in [-0.2, 0) is 4.79 Å². The second-order valence-electron chi connectivity index (χ2n) is 6.86. The van der Waals surface area contributed by atoms with E-state index in [1.807, 2.05) is 59.6 Å². The van der Waals surface area contributed by atoms with Crippen molar-refractivity contribution in [1.82, 2.24) is 4.98 Å². The van der Waals surface area contributed by atoms with Crippen LogP contribution in [-0.4, -0.2) is 23.8 Å². The molecule has 3 rings (SSSR count). The van der Waals surface area contributed by atoms with E-state index in [1.165, 1.54) is 22.3 Å². The van der Waals surface area contributed by atoms with Crippen LogP contribution in [0.5, 0.6) is 5.75 Å². The summed E-state index contributed by atoms with van der Waals surface area (Å²) >= 11 is 3.25. The van der Waals surface area contributed by atoms with Crippen molar-refractivity contribution in [2.24, 2.45) is 5.92 Å². The quantitative estimate of drug-likeness (QED) is 0.344. The third-order valence-corrected chi connectivity index (χ3v) is 6.21. The molecule has 0 saturated carbocycles. The number of methoxy groups -OCH3 is 1. The van der Waals surface area contributed by atoms with Crippen molar-refractivity contribution in [2.45, 2.75) is 18.7 Å². The standard InChI is InChI=1S/C23H24N2O2S2/c1-16(2)14-28-20-11-4-17(5-12-20)6-13-22(26)25-23-24-21(15-29-23)18-7-9-19(27-3)10-8-18/h4-13,15-16H,14H2,1-3H3,(H,24,25,26)/b13-6-. The average Bonchev–Trinajstić information content (AvgIpc) is 3.20. The Morgan fingerprint density at radius 1 is 1.17 bits per heavy atom. The summed E-state index contributed by atoms with van der Waals surface area (Å²) in [6, 6.07) is 15.9. The zero-order valence-corrected chi connectivity index (χ0v) is 18.3. The van der Waals surface area contributed by atoms with Gasteiger partial charge in [0.15, 0.2) is 5.13 Å². The predicted octanol–water partition coefficient (Wildman–Crippen LogP) is 6.22. The number of aromatic nitrogens is 1. The Morgan fingerprint density at radius 2 is 1.90 bits per heavy atom. The first-order valence-corrected chi connectivity index (χ1v) is 11.2. The highest BCUT2D eigenvalue weighted by Gasteiger charge is 2.07. The molecule has 0 spiro atoms. The van der Waals surface area contributed by atoms with Gasteiger partial charge >= 0.3 is 0 Å². The van der Waals surface area contributed by atoms with Crippen LogP contribution in [0.2, 0.25) is 0 Å². The number of hydrogen-bond donors (Lipinski definition) is 1. The summed E-state index contributed by atoms with van der Waals surface area (Å²) in [5, 5.41) is 5.32. The Labute approximate surface area is 180 Å². The number of benzene rings is 2. The molecule has 0 aliphatic rings. The van der Waals surface area contributed by atoms with Crippen molar-refractivity contribution in [3.63, 3.8) is 0 Å². The van der Waals surface area contributed by atoms with Gasteiger partial charge in [0.1, 0.15) is 5.75 Å². The third-order valence-electron chi connectivity index (χ3n) is 4.01. The van der Waals surface area contributed by atoms with Gasteiger partial charge in [-0.3, -0.25) is 10.1 Å². The molecule has 0 radical (unpaired) electrons. The first kappa shape index (κ1) is 21.1. The van der Waals surface area contributed by atoms with Gasteiger partial charge in [0.25, 0.3) is 0 Å². The van der Waals surface area contributed by atoms with E-state index in [2.05, 4.69) is 36.3 Å². The highest BCUT2D eigenvalue weighted by Crippen LogP contribution is 2.26. The van der Waals surface area contributed by atoms with Gasteiger partial charge in [-0.2, -0.15) is 0 Å². The Balaban J connectivity index is 1.55.